The molecule has 0 atom stereocenters. The SMILES string of the molecule is CCC(CC)C(=O)N1CCN(c2ccc(NC(=O)Nc3cc(OC)cc(OC)c3)cc2)CC1. The highest BCUT2D eigenvalue weighted by atomic mass is 16.5. The minimum atomic E-state index is -0.355. The minimum absolute atomic E-state index is 0.131. The monoisotopic (exact) mass is 454 g/mol. The van der Waals surface area contributed by atoms with Crippen molar-refractivity contribution in [3.05, 3.63) is 42.5 Å². The van der Waals surface area contributed by atoms with E-state index in [0.29, 0.717) is 22.9 Å². The van der Waals surface area contributed by atoms with Gasteiger partial charge in [0, 0.05) is 67.4 Å². The van der Waals surface area contributed by atoms with Crippen LogP contribution in [0.4, 0.5) is 21.9 Å². The molecule has 0 aromatic heterocycles. The first-order valence-electron chi connectivity index (χ1n) is 11.4. The fraction of sp³-hybridized carbons (Fsp3) is 0.440. The fourth-order valence-corrected chi connectivity index (χ4v) is 4.01. The summed E-state index contributed by atoms with van der Waals surface area (Å²) in [4.78, 5) is 29.3. The number of amides is 3. The summed E-state index contributed by atoms with van der Waals surface area (Å²) in [5.74, 6) is 1.59. The molecule has 0 unspecified atom stereocenters. The van der Waals surface area contributed by atoms with Gasteiger partial charge in [0.2, 0.25) is 5.91 Å². The molecule has 2 N–H and O–H groups in total. The largest absolute Gasteiger partial charge is 0.497 e. The van der Waals surface area contributed by atoms with Crippen molar-refractivity contribution in [1.82, 2.24) is 4.90 Å². The van der Waals surface area contributed by atoms with Gasteiger partial charge in [-0.25, -0.2) is 4.79 Å². The Bertz CT molecular complexity index is 914. The summed E-state index contributed by atoms with van der Waals surface area (Å²) < 4.78 is 10.5. The zero-order valence-corrected chi connectivity index (χ0v) is 19.9. The lowest BCUT2D eigenvalue weighted by Crippen LogP contribution is -2.50. The molecule has 1 heterocycles. The van der Waals surface area contributed by atoms with E-state index < -0.39 is 0 Å². The fourth-order valence-electron chi connectivity index (χ4n) is 4.01. The van der Waals surface area contributed by atoms with Gasteiger partial charge in [-0.1, -0.05) is 13.8 Å². The molecule has 1 aliphatic heterocycles. The summed E-state index contributed by atoms with van der Waals surface area (Å²) in [6.07, 6.45) is 1.78. The standard InChI is InChI=1S/C25H34N4O4/c1-5-18(6-2)24(30)29-13-11-28(12-14-29)21-9-7-19(8-10-21)26-25(31)27-20-15-22(32-3)17-23(16-20)33-4/h7-10,15-18H,5-6,11-14H2,1-4H3,(H2,26,27,31). The van der Waals surface area contributed by atoms with Crippen LogP contribution in [0.15, 0.2) is 42.5 Å². The molecule has 178 valence electrons. The quantitative estimate of drug-likeness (QED) is 0.616. The average Bonchev–Trinajstić information content (AvgIpc) is 2.85. The van der Waals surface area contributed by atoms with E-state index in [1.807, 2.05) is 29.2 Å². The Labute approximate surface area is 195 Å². The van der Waals surface area contributed by atoms with Crippen LogP contribution in [0.5, 0.6) is 11.5 Å². The molecule has 0 spiro atoms. The van der Waals surface area contributed by atoms with E-state index in [1.54, 1.807) is 32.4 Å². The Kier molecular flexibility index (Phi) is 8.40. The van der Waals surface area contributed by atoms with Crippen molar-refractivity contribution in [2.75, 3.05) is 55.9 Å². The molecular weight excluding hydrogens is 420 g/mol. The molecule has 1 saturated heterocycles. The number of benzene rings is 2. The second-order valence-electron chi connectivity index (χ2n) is 8.05. The highest BCUT2D eigenvalue weighted by Gasteiger charge is 2.25. The Morgan fingerprint density at radius 1 is 0.848 bits per heavy atom. The van der Waals surface area contributed by atoms with Crippen LogP contribution in [-0.2, 0) is 4.79 Å². The number of carbonyl (C=O) groups excluding carboxylic acids is 2. The summed E-state index contributed by atoms with van der Waals surface area (Å²) in [5.41, 5.74) is 2.34. The second kappa shape index (κ2) is 11.4. The summed E-state index contributed by atoms with van der Waals surface area (Å²) in [7, 11) is 3.12. The molecule has 8 nitrogen and oxygen atoms in total. The molecule has 33 heavy (non-hydrogen) atoms. The van der Waals surface area contributed by atoms with Crippen LogP contribution in [0.25, 0.3) is 0 Å². The summed E-state index contributed by atoms with van der Waals surface area (Å²) in [6, 6.07) is 12.6. The number of urea groups is 1. The smallest absolute Gasteiger partial charge is 0.323 e. The Morgan fingerprint density at radius 3 is 1.91 bits per heavy atom. The van der Waals surface area contributed by atoms with Gasteiger partial charge in [-0.3, -0.25) is 4.79 Å². The van der Waals surface area contributed by atoms with Crippen molar-refractivity contribution in [3.63, 3.8) is 0 Å². The number of nitrogens with one attached hydrogen (secondary N) is 2. The summed E-state index contributed by atoms with van der Waals surface area (Å²) in [6.45, 7) is 7.23. The molecule has 0 bridgehead atoms. The van der Waals surface area contributed by atoms with Crippen molar-refractivity contribution in [1.29, 1.82) is 0 Å². The molecule has 3 rings (SSSR count). The first kappa shape index (κ1) is 24.2. The highest BCUT2D eigenvalue weighted by Crippen LogP contribution is 2.26. The number of methoxy groups -OCH3 is 2. The molecule has 2 aromatic carbocycles. The van der Waals surface area contributed by atoms with Crippen LogP contribution in [-0.4, -0.2) is 57.2 Å². The minimum Gasteiger partial charge on any atom is -0.497 e. The first-order valence-corrected chi connectivity index (χ1v) is 11.4. The number of hydrogen-bond donors (Lipinski definition) is 2. The predicted octanol–water partition coefficient (Wildman–Crippen LogP) is 4.43. The lowest BCUT2D eigenvalue weighted by molar-refractivity contribution is -0.136. The van der Waals surface area contributed by atoms with E-state index in [-0.39, 0.29) is 17.9 Å². The Morgan fingerprint density at radius 2 is 1.39 bits per heavy atom. The first-order chi connectivity index (χ1) is 16.0. The van der Waals surface area contributed by atoms with Crippen LogP contribution in [0.3, 0.4) is 0 Å². The lowest BCUT2D eigenvalue weighted by atomic mass is 10.0. The van der Waals surface area contributed by atoms with Crippen LogP contribution in [0.1, 0.15) is 26.7 Å². The predicted molar refractivity (Wildman–Crippen MR) is 131 cm³/mol. The van der Waals surface area contributed by atoms with Gasteiger partial charge in [0.15, 0.2) is 0 Å². The molecule has 0 aliphatic carbocycles. The Balaban J connectivity index is 1.53. The van der Waals surface area contributed by atoms with E-state index >= 15 is 0 Å². The van der Waals surface area contributed by atoms with Gasteiger partial charge in [0.25, 0.3) is 0 Å². The molecule has 0 radical (unpaired) electrons. The molecule has 1 aliphatic rings. The molecule has 2 aromatic rings. The van der Waals surface area contributed by atoms with Gasteiger partial charge in [0.1, 0.15) is 11.5 Å². The number of ether oxygens (including phenoxy) is 2. The van der Waals surface area contributed by atoms with Crippen LogP contribution >= 0.6 is 0 Å². The van der Waals surface area contributed by atoms with Crippen LogP contribution in [0.2, 0.25) is 0 Å². The van der Waals surface area contributed by atoms with Crippen LogP contribution in [0, 0.1) is 5.92 Å². The van der Waals surface area contributed by atoms with Gasteiger partial charge < -0.3 is 29.9 Å². The highest BCUT2D eigenvalue weighted by molar-refractivity contribution is 6.00. The van der Waals surface area contributed by atoms with Gasteiger partial charge in [-0.2, -0.15) is 0 Å². The number of nitrogens with zero attached hydrogens (tertiary/aromatic N) is 2. The van der Waals surface area contributed by atoms with E-state index in [0.717, 1.165) is 44.7 Å². The van der Waals surface area contributed by atoms with Crippen LogP contribution < -0.4 is 25.0 Å². The molecule has 8 heteroatoms. The van der Waals surface area contributed by atoms with Crippen molar-refractivity contribution in [2.45, 2.75) is 26.7 Å². The second-order valence-corrected chi connectivity index (χ2v) is 8.05. The number of piperazine rings is 1. The van der Waals surface area contributed by atoms with Crippen molar-refractivity contribution in [3.8, 4) is 11.5 Å². The molecule has 0 saturated carbocycles. The van der Waals surface area contributed by atoms with Gasteiger partial charge in [-0.15, -0.1) is 0 Å². The zero-order valence-electron chi connectivity index (χ0n) is 19.9. The average molecular weight is 455 g/mol. The molecule has 3 amide bonds. The number of anilines is 3. The molecular formula is C25H34N4O4. The maximum Gasteiger partial charge on any atom is 0.323 e. The van der Waals surface area contributed by atoms with Gasteiger partial charge >= 0.3 is 6.03 Å². The third kappa shape index (κ3) is 6.31. The van der Waals surface area contributed by atoms with Gasteiger partial charge in [-0.05, 0) is 37.1 Å². The van der Waals surface area contributed by atoms with Crippen molar-refractivity contribution < 1.29 is 19.1 Å². The number of carbonyl (C=O) groups is 2. The van der Waals surface area contributed by atoms with E-state index in [2.05, 4.69) is 29.4 Å². The van der Waals surface area contributed by atoms with Gasteiger partial charge in [0.05, 0.1) is 14.2 Å². The van der Waals surface area contributed by atoms with E-state index in [1.165, 1.54) is 0 Å². The Hall–Kier alpha value is -3.42. The van der Waals surface area contributed by atoms with E-state index in [9.17, 15) is 9.59 Å². The lowest BCUT2D eigenvalue weighted by Gasteiger charge is -2.37. The number of hydrogen-bond acceptors (Lipinski definition) is 5. The normalized spacial score (nSPS) is 13.6. The van der Waals surface area contributed by atoms with Crippen molar-refractivity contribution in [2.24, 2.45) is 5.92 Å². The van der Waals surface area contributed by atoms with E-state index in [4.69, 9.17) is 9.47 Å². The third-order valence-electron chi connectivity index (χ3n) is 6.03. The zero-order chi connectivity index (χ0) is 23.8. The number of rotatable bonds is 8. The maximum atomic E-state index is 12.6. The van der Waals surface area contributed by atoms with Crippen molar-refractivity contribution >= 4 is 29.0 Å². The third-order valence-corrected chi connectivity index (χ3v) is 6.03. The molecule has 1 fully saturated rings. The summed E-state index contributed by atoms with van der Waals surface area (Å²) >= 11 is 0. The maximum absolute atomic E-state index is 12.6. The topological polar surface area (TPSA) is 83.1 Å². The summed E-state index contributed by atoms with van der Waals surface area (Å²) in [5, 5.41) is 5.63.